The predicted octanol–water partition coefficient (Wildman–Crippen LogP) is 3.90. The number of nitrogens with two attached hydrogens (primary N) is 1. The van der Waals surface area contributed by atoms with Crippen LogP contribution < -0.4 is 16.4 Å². The van der Waals surface area contributed by atoms with Gasteiger partial charge in [-0.2, -0.15) is 13.2 Å². The minimum absolute atomic E-state index is 0.0277. The summed E-state index contributed by atoms with van der Waals surface area (Å²) in [4.78, 5) is 24.8. The minimum Gasteiger partial charge on any atom is -0.399 e. The first-order chi connectivity index (χ1) is 14.6. The number of carbonyl (C=O) groups is 2. The lowest BCUT2D eigenvalue weighted by molar-refractivity contribution is -0.137. The number of alkyl halides is 3. The van der Waals surface area contributed by atoms with Crippen LogP contribution in [0.15, 0.2) is 60.2 Å². The highest BCUT2D eigenvalue weighted by Crippen LogP contribution is 2.37. The van der Waals surface area contributed by atoms with Gasteiger partial charge in [0.25, 0.3) is 11.8 Å². The van der Waals surface area contributed by atoms with E-state index < -0.39 is 29.3 Å². The number of rotatable bonds is 7. The number of benzene rings is 2. The van der Waals surface area contributed by atoms with Crippen molar-refractivity contribution in [1.29, 1.82) is 5.41 Å². The molecule has 0 atom stereocenters. The molecule has 3 rings (SSSR count). The summed E-state index contributed by atoms with van der Waals surface area (Å²) in [7, 11) is 0. The molecule has 1 aliphatic carbocycles. The van der Waals surface area contributed by atoms with Crippen molar-refractivity contribution in [3.63, 3.8) is 0 Å². The molecular formula is C22H21F3N4O2. The zero-order valence-electron chi connectivity index (χ0n) is 16.4. The number of nitrogen functional groups attached to an aromatic ring is 1. The molecule has 5 N–H and O–H groups in total. The van der Waals surface area contributed by atoms with Crippen LogP contribution in [0.5, 0.6) is 0 Å². The minimum atomic E-state index is -4.56. The topological polar surface area (TPSA) is 108 Å². The van der Waals surface area contributed by atoms with E-state index >= 15 is 0 Å². The number of carbonyl (C=O) groups excluding carboxylic acids is 2. The van der Waals surface area contributed by atoms with Gasteiger partial charge in [-0.25, -0.2) is 0 Å². The summed E-state index contributed by atoms with van der Waals surface area (Å²) in [5, 5.41) is 13.1. The highest BCUT2D eigenvalue weighted by Gasteiger charge is 2.32. The SMILES string of the molecule is N=C(/C=C(\C(=O)Nc1ccccc1)C1CC1)C(=O)NCc1cc(N)cc(C(F)(F)F)c1. The lowest BCUT2D eigenvalue weighted by Crippen LogP contribution is -2.30. The summed E-state index contributed by atoms with van der Waals surface area (Å²) in [6.45, 7) is -0.238. The summed E-state index contributed by atoms with van der Waals surface area (Å²) in [5.74, 6) is -1.22. The molecule has 0 unspecified atom stereocenters. The molecule has 6 nitrogen and oxygen atoms in total. The largest absolute Gasteiger partial charge is 0.416 e. The van der Waals surface area contributed by atoms with Gasteiger partial charge in [-0.1, -0.05) is 18.2 Å². The summed E-state index contributed by atoms with van der Waals surface area (Å²) >= 11 is 0. The average Bonchev–Trinajstić information content (AvgIpc) is 3.54. The fourth-order valence-corrected chi connectivity index (χ4v) is 2.97. The Labute approximate surface area is 176 Å². The smallest absolute Gasteiger partial charge is 0.399 e. The molecule has 0 spiro atoms. The third-order valence-electron chi connectivity index (χ3n) is 4.65. The molecule has 0 saturated heterocycles. The number of hydrogen-bond donors (Lipinski definition) is 4. The van der Waals surface area contributed by atoms with Crippen LogP contribution in [0.1, 0.15) is 24.0 Å². The third kappa shape index (κ3) is 6.18. The fraction of sp³-hybridized carbons (Fsp3) is 0.227. The van der Waals surface area contributed by atoms with Crippen molar-refractivity contribution in [2.24, 2.45) is 5.92 Å². The molecule has 2 amide bonds. The van der Waals surface area contributed by atoms with Gasteiger partial charge >= 0.3 is 6.18 Å². The van der Waals surface area contributed by atoms with E-state index in [-0.39, 0.29) is 23.7 Å². The lowest BCUT2D eigenvalue weighted by atomic mass is 10.1. The summed E-state index contributed by atoms with van der Waals surface area (Å²) in [5.41, 5.74) is 5.14. The van der Waals surface area contributed by atoms with Crippen LogP contribution in [-0.2, 0) is 22.3 Å². The molecule has 0 aromatic heterocycles. The Bertz CT molecular complexity index is 1030. The van der Waals surface area contributed by atoms with Crippen molar-refractivity contribution in [2.45, 2.75) is 25.6 Å². The Hall–Kier alpha value is -3.62. The van der Waals surface area contributed by atoms with E-state index in [2.05, 4.69) is 10.6 Å². The van der Waals surface area contributed by atoms with E-state index in [1.807, 2.05) is 6.07 Å². The molecule has 0 heterocycles. The maximum absolute atomic E-state index is 12.9. The molecule has 0 aliphatic heterocycles. The van der Waals surface area contributed by atoms with Crippen LogP contribution >= 0.6 is 0 Å². The molecule has 1 aliphatic rings. The number of anilines is 2. The maximum atomic E-state index is 12.9. The maximum Gasteiger partial charge on any atom is 0.416 e. The number of amides is 2. The monoisotopic (exact) mass is 430 g/mol. The molecule has 1 saturated carbocycles. The second-order valence-electron chi connectivity index (χ2n) is 7.25. The van der Waals surface area contributed by atoms with Crippen LogP contribution in [-0.4, -0.2) is 17.5 Å². The van der Waals surface area contributed by atoms with Gasteiger partial charge in [0.15, 0.2) is 0 Å². The normalized spacial score (nSPS) is 14.1. The number of halogens is 3. The zero-order chi connectivity index (χ0) is 22.6. The summed E-state index contributed by atoms with van der Waals surface area (Å²) in [6.07, 6.45) is -1.78. The second-order valence-corrected chi connectivity index (χ2v) is 7.25. The molecule has 162 valence electrons. The van der Waals surface area contributed by atoms with E-state index in [4.69, 9.17) is 11.1 Å². The first-order valence-corrected chi connectivity index (χ1v) is 9.55. The molecular weight excluding hydrogens is 409 g/mol. The quantitative estimate of drug-likeness (QED) is 0.304. The molecule has 2 aromatic carbocycles. The lowest BCUT2D eigenvalue weighted by Gasteiger charge is -2.12. The fourth-order valence-electron chi connectivity index (χ4n) is 2.97. The zero-order valence-corrected chi connectivity index (χ0v) is 16.4. The molecule has 0 radical (unpaired) electrons. The average molecular weight is 430 g/mol. The Morgan fingerprint density at radius 1 is 1.10 bits per heavy atom. The highest BCUT2D eigenvalue weighted by molar-refractivity contribution is 6.42. The van der Waals surface area contributed by atoms with Crippen LogP contribution in [0, 0.1) is 11.3 Å². The van der Waals surface area contributed by atoms with Gasteiger partial charge in [0, 0.05) is 23.5 Å². The van der Waals surface area contributed by atoms with Crippen molar-refractivity contribution in [3.8, 4) is 0 Å². The highest BCUT2D eigenvalue weighted by atomic mass is 19.4. The molecule has 2 aromatic rings. The number of para-hydroxylation sites is 1. The molecule has 1 fully saturated rings. The molecule has 9 heteroatoms. The van der Waals surface area contributed by atoms with Crippen molar-refractivity contribution in [3.05, 3.63) is 71.3 Å². The van der Waals surface area contributed by atoms with Gasteiger partial charge < -0.3 is 16.4 Å². The van der Waals surface area contributed by atoms with E-state index in [9.17, 15) is 22.8 Å². The van der Waals surface area contributed by atoms with Crippen molar-refractivity contribution in [2.75, 3.05) is 11.1 Å². The van der Waals surface area contributed by atoms with E-state index in [1.165, 1.54) is 12.1 Å². The van der Waals surface area contributed by atoms with Gasteiger partial charge in [-0.15, -0.1) is 0 Å². The molecule has 0 bridgehead atoms. The van der Waals surface area contributed by atoms with Gasteiger partial charge in [-0.3, -0.25) is 15.0 Å². The number of hydrogen-bond acceptors (Lipinski definition) is 4. The Morgan fingerprint density at radius 3 is 2.39 bits per heavy atom. The number of nitrogens with one attached hydrogen (secondary N) is 3. The van der Waals surface area contributed by atoms with Gasteiger partial charge in [-0.05, 0) is 60.7 Å². The Morgan fingerprint density at radius 2 is 1.77 bits per heavy atom. The van der Waals surface area contributed by atoms with E-state index in [0.29, 0.717) is 11.3 Å². The first-order valence-electron chi connectivity index (χ1n) is 9.55. The molecule has 31 heavy (non-hydrogen) atoms. The van der Waals surface area contributed by atoms with Crippen molar-refractivity contribution < 1.29 is 22.8 Å². The van der Waals surface area contributed by atoms with Crippen LogP contribution in [0.4, 0.5) is 24.5 Å². The third-order valence-corrected chi connectivity index (χ3v) is 4.65. The van der Waals surface area contributed by atoms with Crippen LogP contribution in [0.25, 0.3) is 0 Å². The Kier molecular flexibility index (Phi) is 6.43. The summed E-state index contributed by atoms with van der Waals surface area (Å²) < 4.78 is 38.7. The van der Waals surface area contributed by atoms with E-state index in [1.54, 1.807) is 24.3 Å². The van der Waals surface area contributed by atoms with Gasteiger partial charge in [0.2, 0.25) is 0 Å². The Balaban J connectivity index is 1.66. The predicted molar refractivity (Wildman–Crippen MR) is 111 cm³/mol. The van der Waals surface area contributed by atoms with Gasteiger partial charge in [0.1, 0.15) is 5.71 Å². The van der Waals surface area contributed by atoms with Crippen molar-refractivity contribution in [1.82, 2.24) is 5.32 Å². The van der Waals surface area contributed by atoms with Gasteiger partial charge in [0.05, 0.1) is 5.56 Å². The van der Waals surface area contributed by atoms with E-state index in [0.717, 1.165) is 25.0 Å². The summed E-state index contributed by atoms with van der Waals surface area (Å²) in [6, 6.07) is 11.8. The van der Waals surface area contributed by atoms with Crippen LogP contribution in [0.2, 0.25) is 0 Å². The second kappa shape index (κ2) is 9.03. The van der Waals surface area contributed by atoms with Crippen molar-refractivity contribution >= 4 is 28.9 Å². The van der Waals surface area contributed by atoms with Crippen LogP contribution in [0.3, 0.4) is 0 Å². The standard InChI is InChI=1S/C22H21F3N4O2/c23-22(24,25)15-8-13(9-16(26)10-15)12-28-21(31)19(27)11-18(14-6-7-14)20(30)29-17-4-2-1-3-5-17/h1-5,8-11,14,27H,6-7,12,26H2,(H,28,31)(H,29,30)/b18-11-,27-19?. The first kappa shape index (κ1) is 22.1.